The van der Waals surface area contributed by atoms with Crippen LogP contribution in [0.2, 0.25) is 5.15 Å². The van der Waals surface area contributed by atoms with Crippen molar-refractivity contribution in [1.29, 1.82) is 0 Å². The van der Waals surface area contributed by atoms with E-state index >= 15 is 9.59 Å². The summed E-state index contributed by atoms with van der Waals surface area (Å²) in [5, 5.41) is 49.9. The van der Waals surface area contributed by atoms with Crippen LogP contribution < -0.4 is 31.9 Å². The normalized spacial score (nSPS) is 28.9. The topological polar surface area (TPSA) is 333 Å². The number of nitrogens with one attached hydrogen (secondary N) is 6. The van der Waals surface area contributed by atoms with Crippen LogP contribution in [0.3, 0.4) is 0 Å². The highest BCUT2D eigenvalue weighted by Crippen LogP contribution is 2.38. The molecule has 7 N–H and O–H groups in total. The molecule has 1 aromatic heterocycles. The molecule has 424 valence electrons. The van der Waals surface area contributed by atoms with Crippen molar-refractivity contribution in [2.45, 2.75) is 146 Å². The number of carbonyl (C=O) groups excluding carboxylic acids is 8. The van der Waals surface area contributed by atoms with Gasteiger partial charge in [-0.15, -0.1) is 0 Å². The van der Waals surface area contributed by atoms with Gasteiger partial charge < -0.3 is 46.7 Å². The third-order valence-corrected chi connectivity index (χ3v) is 15.8. The molecule has 24 nitrogen and oxygen atoms in total. The first-order valence-corrected chi connectivity index (χ1v) is 26.9. The van der Waals surface area contributed by atoms with Crippen molar-refractivity contribution in [2.75, 3.05) is 6.54 Å². The predicted octanol–water partition coefficient (Wildman–Crippen LogP) is 2.84. The van der Waals surface area contributed by atoms with Gasteiger partial charge in [0.05, 0.1) is 0 Å². The van der Waals surface area contributed by atoms with Gasteiger partial charge in [0.25, 0.3) is 5.91 Å². The zero-order chi connectivity index (χ0) is 57.4. The van der Waals surface area contributed by atoms with Crippen LogP contribution in [0.5, 0.6) is 0 Å². The number of amides is 7. The Bertz CT molecular complexity index is 2820. The first kappa shape index (κ1) is 58.8. The highest BCUT2D eigenvalue weighted by atomic mass is 35.5. The quantitative estimate of drug-likeness (QED) is 0.0336. The summed E-state index contributed by atoms with van der Waals surface area (Å²) in [6, 6.07) is 6.71. The van der Waals surface area contributed by atoms with E-state index < -0.39 is 153 Å². The van der Waals surface area contributed by atoms with Gasteiger partial charge >= 0.3 is 5.97 Å². The van der Waals surface area contributed by atoms with Crippen LogP contribution in [0.4, 0.5) is 0 Å². The number of ether oxygens (including phenoxy) is 1. The number of esters is 1. The molecule has 0 bridgehead atoms. The molecule has 2 saturated heterocycles. The van der Waals surface area contributed by atoms with E-state index in [-0.39, 0.29) is 50.2 Å². The third-order valence-electron chi connectivity index (χ3n) is 15.5. The summed E-state index contributed by atoms with van der Waals surface area (Å²) in [5.41, 5.74) is 0.719. The number of carbonyl (C=O) groups is 8. The molecule has 4 aliphatic rings. The average molecular weight is 1120 g/mol. The number of halogens is 1. The first-order valence-electron chi connectivity index (χ1n) is 26.5. The molecule has 0 radical (unpaired) electrons. The summed E-state index contributed by atoms with van der Waals surface area (Å²) in [5.74, 6) is -10.6. The van der Waals surface area contributed by atoms with E-state index in [1.54, 1.807) is 101 Å². The molecule has 7 rings (SSSR count). The van der Waals surface area contributed by atoms with Crippen LogP contribution in [-0.4, -0.2) is 139 Å². The molecule has 0 spiro atoms. The van der Waals surface area contributed by atoms with E-state index in [9.17, 15) is 54.2 Å². The molecule has 79 heavy (non-hydrogen) atoms. The molecule has 2 aliphatic carbocycles. The molecule has 7 amide bonds. The Morgan fingerprint density at radius 2 is 1.43 bits per heavy atom. The maximum atomic E-state index is 15.1. The number of fused-ring (bicyclic) bond motifs is 1. The Morgan fingerprint density at radius 3 is 2.03 bits per heavy atom. The molecule has 2 aromatic carbocycles. The molecule has 15 atom stereocenters. The number of benzene rings is 2. The first-order chi connectivity index (χ1) is 37.6. The van der Waals surface area contributed by atoms with E-state index in [0.717, 1.165) is 6.07 Å². The lowest BCUT2D eigenvalue weighted by Crippen LogP contribution is -2.62. The zero-order valence-corrected chi connectivity index (χ0v) is 45.1. The number of hydrogen-bond donors (Lipinski definition) is 7. The van der Waals surface area contributed by atoms with Crippen LogP contribution in [0, 0.1) is 43.9 Å². The predicted molar refractivity (Wildman–Crippen MR) is 283 cm³/mol. The lowest BCUT2D eigenvalue weighted by Gasteiger charge is -2.34. The van der Waals surface area contributed by atoms with E-state index in [1.165, 1.54) is 17.9 Å². The van der Waals surface area contributed by atoms with Crippen molar-refractivity contribution in [2.24, 2.45) is 23.7 Å². The Balaban J connectivity index is 1.32. The number of rotatable bonds is 17. The summed E-state index contributed by atoms with van der Waals surface area (Å²) in [6.07, 6.45) is 1.64. The van der Waals surface area contributed by atoms with Gasteiger partial charge in [-0.3, -0.25) is 53.8 Å². The molecular formula is C54H67ClN10O14. The van der Waals surface area contributed by atoms with Crippen molar-refractivity contribution < 1.29 is 58.1 Å². The second-order valence-corrected chi connectivity index (χ2v) is 21.5. The lowest BCUT2D eigenvalue weighted by molar-refractivity contribution is -0.498. The van der Waals surface area contributed by atoms with E-state index in [4.69, 9.17) is 16.3 Å². The lowest BCUT2D eigenvalue weighted by atomic mass is 9.91. The summed E-state index contributed by atoms with van der Waals surface area (Å²) < 4.78 is 6.40. The minimum Gasteiger partial charge on any atom is -0.458 e. The zero-order valence-electron chi connectivity index (χ0n) is 44.3. The Hall–Kier alpha value is -7.89. The monoisotopic (exact) mass is 1110 g/mol. The van der Waals surface area contributed by atoms with Gasteiger partial charge in [-0.25, -0.2) is 4.79 Å². The van der Waals surface area contributed by atoms with E-state index in [0.29, 0.717) is 22.3 Å². The molecule has 4 fully saturated rings. The highest BCUT2D eigenvalue weighted by Gasteiger charge is 2.52. The minimum atomic E-state index is -1.92. The minimum absolute atomic E-state index is 0.000414. The Labute approximate surface area is 460 Å². The van der Waals surface area contributed by atoms with Crippen LogP contribution >= 0.6 is 11.6 Å². The largest absolute Gasteiger partial charge is 0.458 e. The number of aromatic nitrogens is 1. The number of nitrogens with zero attached hydrogens (tertiary/aromatic N) is 4. The van der Waals surface area contributed by atoms with E-state index in [1.807, 2.05) is 0 Å². The number of cyclic esters (lactones) is 1. The molecule has 25 heteroatoms. The van der Waals surface area contributed by atoms with Crippen molar-refractivity contribution in [1.82, 2.24) is 41.5 Å². The van der Waals surface area contributed by atoms with Gasteiger partial charge in [-0.05, 0) is 68.2 Å². The Morgan fingerprint density at radius 1 is 0.823 bits per heavy atom. The van der Waals surface area contributed by atoms with Gasteiger partial charge in [-0.1, -0.05) is 112 Å². The smallest absolute Gasteiger partial charge is 0.329 e. The molecular weight excluding hydrogens is 1050 g/mol. The molecule has 2 aliphatic heterocycles. The molecule has 2 saturated carbocycles. The van der Waals surface area contributed by atoms with Gasteiger partial charge in [0, 0.05) is 53.4 Å². The summed E-state index contributed by atoms with van der Waals surface area (Å²) >= 11 is 5.97. The maximum Gasteiger partial charge on any atom is 0.329 e. The SMILES string of the molecule is C/C=C\[C@H]1C[C@H]2C(=O)O[C@H](C)[C@@H](NC(=O)[C@H](C[C@H]3C[C@@H]3[N+](=O)[O-])NC(=O)c3ccc(Cl)n3O)C(=O)N[C@@H](Cc3ccccc3)C(=O)N[C@H](C[C@@H]3C[C@H]3[N+](=O)[O-])C(=O)N[C@@H]([C@H](C)c3ccccc3)C(=O)N[C@@H]([C@@H](C)CC)C(=O)N2C1. The van der Waals surface area contributed by atoms with Crippen LogP contribution in [-0.2, 0) is 44.7 Å². The number of nitro groups is 2. The standard InChI is InChI=1S/C54H67ClN10O14/c1-6-14-32-22-42-54(73)79-30(5)46(61-49(68)38(24-35-26-41(35)65(77)78)57-50(69)39-19-20-43(55)63(39)74)52(71)58-36(21-31-15-10-8-11-16-31)47(66)56-37(23-34-25-40(34)64(75)76)48(67)60-45(29(4)33-17-12-9-13-18-33)51(70)59-44(28(3)7-2)53(72)62(42)27-32/h6,8-20,28-30,32,34-38,40-42,44-46,74H,7,21-27H2,1-5H3,(H,56,66)(H,57,69)(H,58,71)(H,59,70)(H,60,67)(H,61,68)/b14-6-/t28-,29+,30+,32-,34+,35-,36-,37+,38-,40+,41-,42-,44-,45-,46+/m0/s1. The fraction of sp³-hybridized carbons (Fsp3) is 0.519. The second-order valence-electron chi connectivity index (χ2n) is 21.1. The molecule has 3 aromatic rings. The van der Waals surface area contributed by atoms with E-state index in [2.05, 4.69) is 31.9 Å². The summed E-state index contributed by atoms with van der Waals surface area (Å²) in [6.45, 7) is 8.27. The highest BCUT2D eigenvalue weighted by molar-refractivity contribution is 6.30. The van der Waals surface area contributed by atoms with Gasteiger partial charge in [0.15, 0.2) is 0 Å². The fourth-order valence-electron chi connectivity index (χ4n) is 10.4. The van der Waals surface area contributed by atoms with Gasteiger partial charge in [-0.2, -0.15) is 4.73 Å². The van der Waals surface area contributed by atoms with Crippen molar-refractivity contribution in [3.8, 4) is 0 Å². The third kappa shape index (κ3) is 14.4. The van der Waals surface area contributed by atoms with Crippen LogP contribution in [0.1, 0.15) is 101 Å². The van der Waals surface area contributed by atoms with Crippen LogP contribution in [0.15, 0.2) is 84.9 Å². The summed E-state index contributed by atoms with van der Waals surface area (Å²) in [4.78, 5) is 142. The molecule has 3 heterocycles. The average Bonchev–Trinajstić information content (AvgIpc) is 4.39. The molecule has 0 unspecified atom stereocenters. The van der Waals surface area contributed by atoms with Crippen molar-refractivity contribution in [3.05, 3.63) is 127 Å². The van der Waals surface area contributed by atoms with Crippen molar-refractivity contribution >= 4 is 58.9 Å². The van der Waals surface area contributed by atoms with Crippen LogP contribution in [0.25, 0.3) is 0 Å². The van der Waals surface area contributed by atoms with Gasteiger partial charge in [0.1, 0.15) is 59.2 Å². The second kappa shape index (κ2) is 25.7. The van der Waals surface area contributed by atoms with Gasteiger partial charge in [0.2, 0.25) is 47.5 Å². The Kier molecular flexibility index (Phi) is 19.1. The fourth-order valence-corrected chi connectivity index (χ4v) is 10.6. The number of allylic oxidation sites excluding steroid dienone is 1. The summed E-state index contributed by atoms with van der Waals surface area (Å²) in [7, 11) is 0. The maximum absolute atomic E-state index is 15.1. The number of hydrogen-bond acceptors (Lipinski definition) is 14. The van der Waals surface area contributed by atoms with Crippen molar-refractivity contribution in [3.63, 3.8) is 0 Å².